The van der Waals surface area contributed by atoms with Gasteiger partial charge in [-0.15, -0.1) is 0 Å². The average molecular weight is 482 g/mol. The lowest BCUT2D eigenvalue weighted by molar-refractivity contribution is -0.660. The molecule has 2 nitrogen and oxygen atoms in total. The quantitative estimate of drug-likeness (QED) is 0.231. The number of furan rings is 1. The lowest BCUT2D eigenvalue weighted by Gasteiger charge is -2.22. The van der Waals surface area contributed by atoms with E-state index < -0.39 is 12.7 Å². The Hall–Kier alpha value is -3.46. The molecular weight excluding hydrogens is 445 g/mol. The Bertz CT molecular complexity index is 1810. The van der Waals surface area contributed by atoms with Gasteiger partial charge in [-0.3, -0.25) is 0 Å². The molecule has 1 aliphatic carbocycles. The van der Waals surface area contributed by atoms with Gasteiger partial charge in [-0.25, -0.2) is 8.96 Å². The van der Waals surface area contributed by atoms with Crippen LogP contribution in [0.2, 0.25) is 0 Å². The van der Waals surface area contributed by atoms with E-state index in [1.807, 2.05) is 55.1 Å². The molecule has 0 saturated heterocycles. The SMILES string of the molecule is [2H]C([2H])([2H])c1cc2c(cc1-c1c(F)ccc3c1oc1c(-c4cccc[n+]4C)c(C)ccc13)C(C)(C)CC2(C)C. The molecule has 0 spiro atoms. The number of aryl methyl sites for hydroxylation is 3. The van der Waals surface area contributed by atoms with E-state index in [0.717, 1.165) is 45.1 Å². The van der Waals surface area contributed by atoms with Crippen molar-refractivity contribution in [1.82, 2.24) is 0 Å². The maximum Gasteiger partial charge on any atom is 0.216 e. The molecule has 0 bridgehead atoms. The van der Waals surface area contributed by atoms with Gasteiger partial charge >= 0.3 is 0 Å². The normalized spacial score (nSPS) is 17.7. The molecule has 0 aliphatic heterocycles. The minimum Gasteiger partial charge on any atom is -0.454 e. The minimum atomic E-state index is -2.42. The second kappa shape index (κ2) is 7.52. The molecule has 1 aliphatic rings. The van der Waals surface area contributed by atoms with Crippen molar-refractivity contribution in [2.45, 2.75) is 58.7 Å². The third kappa shape index (κ3) is 3.18. The Morgan fingerprint density at radius 1 is 0.861 bits per heavy atom. The zero-order chi connectivity index (χ0) is 28.1. The number of fused-ring (bicyclic) bond motifs is 4. The second-order valence-electron chi connectivity index (χ2n) is 11.6. The van der Waals surface area contributed by atoms with Crippen LogP contribution in [-0.2, 0) is 17.9 Å². The van der Waals surface area contributed by atoms with Crippen LogP contribution in [0.25, 0.3) is 44.3 Å². The summed E-state index contributed by atoms with van der Waals surface area (Å²) in [6, 6.07) is 16.9. The maximum absolute atomic E-state index is 15.9. The van der Waals surface area contributed by atoms with Crippen LogP contribution in [0.4, 0.5) is 4.39 Å². The molecule has 0 unspecified atom stereocenters. The molecule has 0 N–H and O–H groups in total. The lowest BCUT2D eigenvalue weighted by atomic mass is 9.82. The zero-order valence-electron chi connectivity index (χ0n) is 24.7. The summed E-state index contributed by atoms with van der Waals surface area (Å²) in [4.78, 5) is 0. The number of pyridine rings is 1. The highest BCUT2D eigenvalue weighted by molar-refractivity contribution is 6.13. The van der Waals surface area contributed by atoms with Crippen molar-refractivity contribution in [3.8, 4) is 22.4 Å². The number of aromatic nitrogens is 1. The number of hydrogen-bond acceptors (Lipinski definition) is 1. The molecule has 2 heterocycles. The smallest absolute Gasteiger partial charge is 0.216 e. The Balaban J connectivity index is 1.73. The fourth-order valence-corrected chi connectivity index (χ4v) is 6.55. The van der Waals surface area contributed by atoms with Crippen LogP contribution in [0.5, 0.6) is 0 Å². The standard InChI is InChI=1S/C33H33FNO/c1-19-11-12-21-22-13-14-26(34)29(31(22)36-30(21)28(19)27-10-8-9-15-35(27)7)23-17-25-24(16-20(23)2)32(3,4)18-33(25,5)6/h8-17H,18H2,1-7H3/q+1/i2D3. The summed E-state index contributed by atoms with van der Waals surface area (Å²) in [7, 11) is 1.98. The summed E-state index contributed by atoms with van der Waals surface area (Å²) in [5.74, 6) is -0.495. The van der Waals surface area contributed by atoms with Crippen LogP contribution in [0, 0.1) is 19.6 Å². The van der Waals surface area contributed by atoms with Crippen molar-refractivity contribution in [3.63, 3.8) is 0 Å². The lowest BCUT2D eigenvalue weighted by Crippen LogP contribution is -2.30. The average Bonchev–Trinajstić information content (AvgIpc) is 3.29. The molecule has 0 radical (unpaired) electrons. The second-order valence-corrected chi connectivity index (χ2v) is 11.6. The Labute approximate surface area is 216 Å². The van der Waals surface area contributed by atoms with E-state index in [9.17, 15) is 0 Å². The van der Waals surface area contributed by atoms with E-state index >= 15 is 4.39 Å². The Kier molecular flexibility index (Phi) is 4.11. The molecule has 2 aromatic heterocycles. The monoisotopic (exact) mass is 481 g/mol. The first-order chi connectivity index (χ1) is 18.2. The van der Waals surface area contributed by atoms with Gasteiger partial charge in [0.05, 0.1) is 11.1 Å². The van der Waals surface area contributed by atoms with E-state index in [1.165, 1.54) is 6.07 Å². The number of hydrogen-bond donors (Lipinski definition) is 0. The van der Waals surface area contributed by atoms with Gasteiger partial charge in [0, 0.05) is 27.0 Å². The highest BCUT2D eigenvalue weighted by atomic mass is 19.1. The van der Waals surface area contributed by atoms with E-state index in [0.29, 0.717) is 16.7 Å². The van der Waals surface area contributed by atoms with E-state index in [-0.39, 0.29) is 22.0 Å². The highest BCUT2D eigenvalue weighted by Gasteiger charge is 2.42. The van der Waals surface area contributed by atoms with Crippen LogP contribution in [0.1, 0.15) is 60.5 Å². The summed E-state index contributed by atoms with van der Waals surface area (Å²) in [5, 5.41) is 1.63. The van der Waals surface area contributed by atoms with Gasteiger partial charge in [0.1, 0.15) is 24.0 Å². The minimum absolute atomic E-state index is 0.157. The van der Waals surface area contributed by atoms with Crippen LogP contribution >= 0.6 is 0 Å². The molecule has 3 aromatic carbocycles. The third-order valence-electron chi connectivity index (χ3n) is 8.05. The molecule has 6 rings (SSSR count). The van der Waals surface area contributed by atoms with Crippen LogP contribution in [-0.4, -0.2) is 0 Å². The highest BCUT2D eigenvalue weighted by Crippen LogP contribution is 2.52. The fraction of sp³-hybridized carbons (Fsp3) is 0.303. The first-order valence-electron chi connectivity index (χ1n) is 14.0. The van der Waals surface area contributed by atoms with E-state index in [4.69, 9.17) is 8.53 Å². The Morgan fingerprint density at radius 3 is 2.22 bits per heavy atom. The first-order valence-corrected chi connectivity index (χ1v) is 12.5. The fourth-order valence-electron chi connectivity index (χ4n) is 6.55. The summed E-state index contributed by atoms with van der Waals surface area (Å²) in [6.45, 7) is 8.26. The molecule has 0 fully saturated rings. The van der Waals surface area contributed by atoms with Gasteiger partial charge in [-0.05, 0) is 83.1 Å². The maximum atomic E-state index is 15.9. The van der Waals surface area contributed by atoms with Gasteiger partial charge in [-0.2, -0.15) is 0 Å². The van der Waals surface area contributed by atoms with Crippen molar-refractivity contribution < 1.29 is 17.5 Å². The molecule has 182 valence electrons. The topological polar surface area (TPSA) is 17.0 Å². The predicted molar refractivity (Wildman–Crippen MR) is 146 cm³/mol. The number of benzene rings is 3. The van der Waals surface area contributed by atoms with Crippen molar-refractivity contribution in [3.05, 3.63) is 88.9 Å². The van der Waals surface area contributed by atoms with Crippen molar-refractivity contribution in [2.24, 2.45) is 7.05 Å². The molecule has 0 atom stereocenters. The van der Waals surface area contributed by atoms with Gasteiger partial charge in [0.15, 0.2) is 6.20 Å². The van der Waals surface area contributed by atoms with Crippen molar-refractivity contribution in [1.29, 1.82) is 0 Å². The number of nitrogens with zero attached hydrogens (tertiary/aromatic N) is 1. The van der Waals surface area contributed by atoms with Crippen molar-refractivity contribution in [2.75, 3.05) is 0 Å². The summed E-state index contributed by atoms with van der Waals surface area (Å²) < 4.78 is 49.8. The van der Waals surface area contributed by atoms with Gasteiger partial charge in [-0.1, -0.05) is 45.9 Å². The molecule has 36 heavy (non-hydrogen) atoms. The van der Waals surface area contributed by atoms with Crippen molar-refractivity contribution >= 4 is 21.9 Å². The summed E-state index contributed by atoms with van der Waals surface area (Å²) in [5.41, 5.74) is 6.46. The first kappa shape index (κ1) is 19.7. The Morgan fingerprint density at radius 2 is 1.53 bits per heavy atom. The van der Waals surface area contributed by atoms with Gasteiger partial charge in [0.2, 0.25) is 5.69 Å². The number of rotatable bonds is 2. The summed E-state index contributed by atoms with van der Waals surface area (Å²) in [6.07, 6.45) is 2.87. The van der Waals surface area contributed by atoms with Crippen LogP contribution < -0.4 is 4.57 Å². The van der Waals surface area contributed by atoms with Crippen LogP contribution in [0.15, 0.2) is 65.2 Å². The number of halogens is 1. The van der Waals surface area contributed by atoms with Gasteiger partial charge in [0.25, 0.3) is 0 Å². The molecule has 3 heteroatoms. The van der Waals surface area contributed by atoms with E-state index in [2.05, 4.69) is 33.8 Å². The third-order valence-corrected chi connectivity index (χ3v) is 8.05. The van der Waals surface area contributed by atoms with Gasteiger partial charge < -0.3 is 4.42 Å². The van der Waals surface area contributed by atoms with Crippen LogP contribution in [0.3, 0.4) is 0 Å². The molecule has 0 saturated carbocycles. The largest absolute Gasteiger partial charge is 0.454 e. The van der Waals surface area contributed by atoms with E-state index in [1.54, 1.807) is 12.1 Å². The molecule has 5 aromatic rings. The summed E-state index contributed by atoms with van der Waals surface area (Å²) >= 11 is 0. The molecular formula is C33H33FNO+. The predicted octanol–water partition coefficient (Wildman–Crippen LogP) is 8.46. The zero-order valence-corrected chi connectivity index (χ0v) is 21.7. The molecule has 0 amide bonds.